The number of hydrogen-bond acceptors (Lipinski definition) is 4. The van der Waals surface area contributed by atoms with E-state index in [-0.39, 0.29) is 25.2 Å². The maximum atomic E-state index is 9.71. The summed E-state index contributed by atoms with van der Waals surface area (Å²) in [6.07, 6.45) is -0.663. The predicted octanol–water partition coefficient (Wildman–Crippen LogP) is 1.22. The topological polar surface area (TPSA) is 64.7 Å². The van der Waals surface area contributed by atoms with Crippen LogP contribution in [0.25, 0.3) is 0 Å². The highest BCUT2D eigenvalue weighted by Gasteiger charge is 2.18. The maximum absolute atomic E-state index is 9.71. The molecular weight excluding hydrogens is 218 g/mol. The van der Waals surface area contributed by atoms with Gasteiger partial charge in [0.05, 0.1) is 6.10 Å². The quantitative estimate of drug-likeness (QED) is 0.803. The summed E-state index contributed by atoms with van der Waals surface area (Å²) in [6.45, 7) is 2.00. The van der Waals surface area contributed by atoms with E-state index in [9.17, 15) is 5.11 Å². The molecule has 4 nitrogen and oxygen atoms in total. The van der Waals surface area contributed by atoms with Gasteiger partial charge in [-0.15, -0.1) is 12.4 Å². The fraction of sp³-hybridized carbons (Fsp3) is 0.400. The molecule has 0 bridgehead atoms. The third kappa shape index (κ3) is 2.34. The van der Waals surface area contributed by atoms with E-state index < -0.39 is 6.10 Å². The molecule has 0 radical (unpaired) electrons. The molecule has 0 fully saturated rings. The highest BCUT2D eigenvalue weighted by Crippen LogP contribution is 2.34. The van der Waals surface area contributed by atoms with Crippen LogP contribution in [0.15, 0.2) is 18.2 Å². The second-order valence-electron chi connectivity index (χ2n) is 3.42. The van der Waals surface area contributed by atoms with Gasteiger partial charge in [0.2, 0.25) is 6.79 Å². The van der Waals surface area contributed by atoms with Crippen LogP contribution in [0.4, 0.5) is 0 Å². The van der Waals surface area contributed by atoms with Crippen molar-refractivity contribution in [3.05, 3.63) is 23.8 Å². The fourth-order valence-corrected chi connectivity index (χ4v) is 1.40. The van der Waals surface area contributed by atoms with Gasteiger partial charge in [0, 0.05) is 6.04 Å². The average molecular weight is 232 g/mol. The van der Waals surface area contributed by atoms with Crippen molar-refractivity contribution in [1.82, 2.24) is 0 Å². The summed E-state index contributed by atoms with van der Waals surface area (Å²) in [7, 11) is 0. The number of aliphatic hydroxyl groups is 1. The van der Waals surface area contributed by atoms with Crippen LogP contribution < -0.4 is 15.2 Å². The summed E-state index contributed by atoms with van der Waals surface area (Å²) in [5, 5.41) is 9.71. The summed E-state index contributed by atoms with van der Waals surface area (Å²) in [6, 6.07) is 5.04. The van der Waals surface area contributed by atoms with Crippen LogP contribution >= 0.6 is 12.4 Å². The zero-order chi connectivity index (χ0) is 10.1. The molecule has 0 aromatic heterocycles. The van der Waals surface area contributed by atoms with Crippen molar-refractivity contribution in [2.45, 2.75) is 19.1 Å². The molecule has 3 N–H and O–H groups in total. The van der Waals surface area contributed by atoms with E-state index in [2.05, 4.69) is 0 Å². The van der Waals surface area contributed by atoms with Crippen molar-refractivity contribution in [3.8, 4) is 11.5 Å². The van der Waals surface area contributed by atoms with E-state index in [1.165, 1.54) is 0 Å². The number of benzene rings is 1. The zero-order valence-corrected chi connectivity index (χ0v) is 9.16. The largest absolute Gasteiger partial charge is 0.454 e. The number of nitrogens with two attached hydrogens (primary N) is 1. The summed E-state index contributed by atoms with van der Waals surface area (Å²) in [4.78, 5) is 0. The van der Waals surface area contributed by atoms with Gasteiger partial charge < -0.3 is 20.3 Å². The normalized spacial score (nSPS) is 16.7. The highest BCUT2D eigenvalue weighted by atomic mass is 35.5. The SMILES string of the molecule is CC(N)C(O)c1ccc2c(c1)OCO2.Cl. The Balaban J connectivity index is 0.00000112. The minimum Gasteiger partial charge on any atom is -0.454 e. The van der Waals surface area contributed by atoms with E-state index in [0.29, 0.717) is 11.5 Å². The van der Waals surface area contributed by atoms with Crippen LogP contribution in [0.3, 0.4) is 0 Å². The second kappa shape index (κ2) is 4.70. The Morgan fingerprint density at radius 1 is 1.33 bits per heavy atom. The van der Waals surface area contributed by atoms with Crippen LogP contribution in [0.1, 0.15) is 18.6 Å². The van der Waals surface area contributed by atoms with Gasteiger partial charge in [0.25, 0.3) is 0 Å². The number of fused-ring (bicyclic) bond motifs is 1. The van der Waals surface area contributed by atoms with Gasteiger partial charge in [-0.2, -0.15) is 0 Å². The van der Waals surface area contributed by atoms with Crippen molar-refractivity contribution in [1.29, 1.82) is 0 Å². The molecule has 1 aromatic rings. The van der Waals surface area contributed by atoms with Crippen LogP contribution in [0, 0.1) is 0 Å². The lowest BCUT2D eigenvalue weighted by Crippen LogP contribution is -2.24. The van der Waals surface area contributed by atoms with Crippen LogP contribution in [0.5, 0.6) is 11.5 Å². The van der Waals surface area contributed by atoms with Crippen LogP contribution in [-0.2, 0) is 0 Å². The molecule has 5 heteroatoms. The van der Waals surface area contributed by atoms with E-state index in [4.69, 9.17) is 15.2 Å². The van der Waals surface area contributed by atoms with E-state index in [1.807, 2.05) is 0 Å². The molecule has 1 aromatic carbocycles. The van der Waals surface area contributed by atoms with E-state index >= 15 is 0 Å². The first-order valence-electron chi connectivity index (χ1n) is 4.51. The molecule has 1 aliphatic heterocycles. The van der Waals surface area contributed by atoms with Gasteiger partial charge in [-0.25, -0.2) is 0 Å². The van der Waals surface area contributed by atoms with Crippen LogP contribution in [0.2, 0.25) is 0 Å². The Bertz CT molecular complexity index is 343. The van der Waals surface area contributed by atoms with Gasteiger partial charge >= 0.3 is 0 Å². The summed E-state index contributed by atoms with van der Waals surface area (Å²) in [5.74, 6) is 1.38. The van der Waals surface area contributed by atoms with Crippen molar-refractivity contribution in [2.75, 3.05) is 6.79 Å². The average Bonchev–Trinajstić information content (AvgIpc) is 2.62. The molecule has 2 atom stereocenters. The number of ether oxygens (including phenoxy) is 2. The van der Waals surface area contributed by atoms with Gasteiger partial charge in [-0.05, 0) is 24.6 Å². The van der Waals surface area contributed by atoms with E-state index in [1.54, 1.807) is 25.1 Å². The van der Waals surface area contributed by atoms with Gasteiger partial charge in [0.15, 0.2) is 11.5 Å². The summed E-state index contributed by atoms with van der Waals surface area (Å²) in [5.41, 5.74) is 6.35. The Labute approximate surface area is 94.4 Å². The Hall–Kier alpha value is -0.970. The molecule has 0 spiro atoms. The minimum absolute atomic E-state index is 0. The minimum atomic E-state index is -0.663. The number of aliphatic hydroxyl groups excluding tert-OH is 1. The number of halogens is 1. The molecule has 15 heavy (non-hydrogen) atoms. The molecule has 0 amide bonds. The Morgan fingerprint density at radius 2 is 2.00 bits per heavy atom. The number of hydrogen-bond donors (Lipinski definition) is 2. The standard InChI is InChI=1S/C10H13NO3.ClH/c1-6(11)10(12)7-2-3-8-9(4-7)14-5-13-8;/h2-4,6,10,12H,5,11H2,1H3;1H. The molecule has 0 saturated carbocycles. The first-order valence-corrected chi connectivity index (χ1v) is 4.51. The Kier molecular flexibility index (Phi) is 3.79. The number of rotatable bonds is 2. The zero-order valence-electron chi connectivity index (χ0n) is 8.34. The monoisotopic (exact) mass is 231 g/mol. The maximum Gasteiger partial charge on any atom is 0.231 e. The molecule has 0 saturated heterocycles. The van der Waals surface area contributed by atoms with E-state index in [0.717, 1.165) is 5.56 Å². The first kappa shape index (κ1) is 12.1. The van der Waals surface area contributed by atoms with Gasteiger partial charge in [-0.3, -0.25) is 0 Å². The molecule has 1 aliphatic rings. The third-order valence-electron chi connectivity index (χ3n) is 2.24. The van der Waals surface area contributed by atoms with Crippen molar-refractivity contribution >= 4 is 12.4 Å². The lowest BCUT2D eigenvalue weighted by atomic mass is 10.0. The summed E-state index contributed by atoms with van der Waals surface area (Å²) < 4.78 is 10.4. The molecular formula is C10H14ClNO3. The van der Waals surface area contributed by atoms with Crippen molar-refractivity contribution in [3.63, 3.8) is 0 Å². The predicted molar refractivity (Wildman–Crippen MR) is 58.4 cm³/mol. The molecule has 0 aliphatic carbocycles. The van der Waals surface area contributed by atoms with Crippen molar-refractivity contribution < 1.29 is 14.6 Å². The van der Waals surface area contributed by atoms with Crippen LogP contribution in [-0.4, -0.2) is 17.9 Å². The molecule has 2 unspecified atom stereocenters. The lowest BCUT2D eigenvalue weighted by Gasteiger charge is -2.14. The first-order chi connectivity index (χ1) is 6.68. The second-order valence-corrected chi connectivity index (χ2v) is 3.42. The molecule has 84 valence electrons. The summed E-state index contributed by atoms with van der Waals surface area (Å²) >= 11 is 0. The van der Waals surface area contributed by atoms with Gasteiger partial charge in [0.1, 0.15) is 0 Å². The van der Waals surface area contributed by atoms with Crippen molar-refractivity contribution in [2.24, 2.45) is 5.73 Å². The molecule has 2 rings (SSSR count). The highest BCUT2D eigenvalue weighted by molar-refractivity contribution is 5.85. The third-order valence-corrected chi connectivity index (χ3v) is 2.24. The van der Waals surface area contributed by atoms with Gasteiger partial charge in [-0.1, -0.05) is 6.07 Å². The Morgan fingerprint density at radius 3 is 2.67 bits per heavy atom. The fourth-order valence-electron chi connectivity index (χ4n) is 1.40. The smallest absolute Gasteiger partial charge is 0.231 e. The molecule has 1 heterocycles. The lowest BCUT2D eigenvalue weighted by molar-refractivity contribution is 0.152.